The highest BCUT2D eigenvalue weighted by Crippen LogP contribution is 2.36. The number of rotatable bonds is 6. The maximum atomic E-state index is 12.7. The number of halogens is 1. The van der Waals surface area contributed by atoms with Crippen molar-refractivity contribution in [3.8, 4) is 5.75 Å². The minimum absolute atomic E-state index is 0.132. The molecule has 0 aromatic heterocycles. The number of imide groups is 1. The summed E-state index contributed by atoms with van der Waals surface area (Å²) in [4.78, 5) is 38.5. The molecule has 0 atom stereocenters. The Bertz CT molecular complexity index is 1200. The lowest BCUT2D eigenvalue weighted by Gasteiger charge is -2.12. The summed E-state index contributed by atoms with van der Waals surface area (Å²) in [7, 11) is 0. The molecule has 32 heavy (non-hydrogen) atoms. The predicted molar refractivity (Wildman–Crippen MR) is 127 cm³/mol. The van der Waals surface area contributed by atoms with Gasteiger partial charge in [-0.15, -0.1) is 0 Å². The molecule has 4 rings (SSSR count). The second-order valence-electron chi connectivity index (χ2n) is 6.77. The summed E-state index contributed by atoms with van der Waals surface area (Å²) >= 11 is 6.85. The van der Waals surface area contributed by atoms with E-state index in [0.717, 1.165) is 22.2 Å². The molecule has 1 N–H and O–H groups in total. The van der Waals surface area contributed by atoms with Crippen LogP contribution in [0.2, 0.25) is 5.02 Å². The van der Waals surface area contributed by atoms with Gasteiger partial charge in [0.15, 0.2) is 6.61 Å². The smallest absolute Gasteiger partial charge is 0.298 e. The van der Waals surface area contributed by atoms with E-state index in [2.05, 4.69) is 5.32 Å². The summed E-state index contributed by atoms with van der Waals surface area (Å²) in [5.41, 5.74) is 1.85. The number of anilines is 2. The van der Waals surface area contributed by atoms with E-state index in [1.807, 2.05) is 18.2 Å². The van der Waals surface area contributed by atoms with E-state index in [4.69, 9.17) is 16.3 Å². The van der Waals surface area contributed by atoms with Crippen LogP contribution >= 0.6 is 23.4 Å². The van der Waals surface area contributed by atoms with E-state index in [0.29, 0.717) is 27.1 Å². The molecule has 0 aliphatic carbocycles. The van der Waals surface area contributed by atoms with E-state index in [1.54, 1.807) is 66.7 Å². The van der Waals surface area contributed by atoms with Gasteiger partial charge in [-0.2, -0.15) is 0 Å². The predicted octanol–water partition coefficient (Wildman–Crippen LogP) is 5.60. The number of nitrogens with one attached hydrogen (secondary N) is 1. The van der Waals surface area contributed by atoms with Crippen LogP contribution in [0, 0.1) is 0 Å². The monoisotopic (exact) mass is 464 g/mol. The van der Waals surface area contributed by atoms with Crippen molar-refractivity contribution in [2.45, 2.75) is 0 Å². The topological polar surface area (TPSA) is 75.7 Å². The number of amides is 3. The molecule has 160 valence electrons. The van der Waals surface area contributed by atoms with Crippen LogP contribution < -0.4 is 15.0 Å². The van der Waals surface area contributed by atoms with Crippen molar-refractivity contribution >= 4 is 57.9 Å². The zero-order valence-corrected chi connectivity index (χ0v) is 18.2. The molecule has 0 spiro atoms. The van der Waals surface area contributed by atoms with Gasteiger partial charge in [0, 0.05) is 10.7 Å². The van der Waals surface area contributed by atoms with E-state index < -0.39 is 5.91 Å². The highest BCUT2D eigenvalue weighted by atomic mass is 35.5. The Hall–Kier alpha value is -3.55. The van der Waals surface area contributed by atoms with Crippen molar-refractivity contribution < 1.29 is 19.1 Å². The number of hydrogen-bond acceptors (Lipinski definition) is 5. The van der Waals surface area contributed by atoms with E-state index in [-0.39, 0.29) is 17.8 Å². The molecule has 1 aliphatic heterocycles. The molecule has 0 unspecified atom stereocenters. The number of benzene rings is 3. The minimum atomic E-state index is -0.403. The number of carbonyl (C=O) groups is 3. The Morgan fingerprint density at radius 1 is 1.00 bits per heavy atom. The van der Waals surface area contributed by atoms with Crippen molar-refractivity contribution in [2.24, 2.45) is 0 Å². The van der Waals surface area contributed by atoms with E-state index in [1.165, 1.54) is 0 Å². The Kier molecular flexibility index (Phi) is 6.58. The number of ether oxygens (including phenoxy) is 1. The Morgan fingerprint density at radius 3 is 2.47 bits per heavy atom. The molecule has 8 heteroatoms. The second kappa shape index (κ2) is 9.72. The lowest BCUT2D eigenvalue weighted by Crippen LogP contribution is -2.27. The molecule has 6 nitrogen and oxygen atoms in total. The van der Waals surface area contributed by atoms with Gasteiger partial charge in [-0.05, 0) is 65.9 Å². The first-order valence-corrected chi connectivity index (χ1v) is 10.8. The van der Waals surface area contributed by atoms with E-state index in [9.17, 15) is 14.4 Å². The zero-order chi connectivity index (χ0) is 22.5. The van der Waals surface area contributed by atoms with Crippen molar-refractivity contribution in [3.05, 3.63) is 94.4 Å². The number of thioether (sulfide) groups is 1. The van der Waals surface area contributed by atoms with Gasteiger partial charge in [-0.1, -0.05) is 48.0 Å². The molecule has 3 aromatic rings. The third-order valence-electron chi connectivity index (χ3n) is 4.47. The fourth-order valence-corrected chi connectivity index (χ4v) is 4.01. The highest BCUT2D eigenvalue weighted by molar-refractivity contribution is 8.19. The SMILES string of the molecule is O=C(COc1ccc(/C=C2/SC(=O)N(c3cccc(Cl)c3)C2=O)cc1)Nc1ccccc1. The molecule has 0 radical (unpaired) electrons. The fraction of sp³-hybridized carbons (Fsp3) is 0.0417. The lowest BCUT2D eigenvalue weighted by atomic mass is 10.2. The largest absolute Gasteiger partial charge is 0.484 e. The molecular weight excluding hydrogens is 448 g/mol. The van der Waals surface area contributed by atoms with Gasteiger partial charge in [0.2, 0.25) is 0 Å². The van der Waals surface area contributed by atoms with E-state index >= 15 is 0 Å². The molecule has 1 saturated heterocycles. The third kappa shape index (κ3) is 5.19. The summed E-state index contributed by atoms with van der Waals surface area (Å²) in [6.45, 7) is -0.132. The summed E-state index contributed by atoms with van der Waals surface area (Å²) in [6, 6.07) is 22.6. The number of carbonyl (C=O) groups excluding carboxylic acids is 3. The normalized spacial score (nSPS) is 14.7. The molecule has 3 aromatic carbocycles. The summed E-state index contributed by atoms with van der Waals surface area (Å²) in [5, 5.41) is 2.80. The van der Waals surface area contributed by atoms with Crippen LogP contribution in [0.3, 0.4) is 0 Å². The lowest BCUT2D eigenvalue weighted by molar-refractivity contribution is -0.118. The number of para-hydroxylation sites is 1. The van der Waals surface area contributed by atoms with Crippen LogP contribution in [0.15, 0.2) is 83.8 Å². The van der Waals surface area contributed by atoms with Gasteiger partial charge in [-0.25, -0.2) is 4.90 Å². The standard InChI is InChI=1S/C24H17ClN2O4S/c25-17-5-4-8-19(14-17)27-23(29)21(32-24(27)30)13-16-9-11-20(12-10-16)31-15-22(28)26-18-6-2-1-3-7-18/h1-14H,15H2,(H,26,28)/b21-13+. The van der Waals surface area contributed by atoms with Gasteiger partial charge in [-0.3, -0.25) is 14.4 Å². The summed E-state index contributed by atoms with van der Waals surface area (Å²) in [5.74, 6) is -0.160. The molecule has 0 saturated carbocycles. The summed E-state index contributed by atoms with van der Waals surface area (Å²) in [6.07, 6.45) is 1.64. The summed E-state index contributed by atoms with van der Waals surface area (Å²) < 4.78 is 5.51. The van der Waals surface area contributed by atoms with Crippen LogP contribution in [0.25, 0.3) is 6.08 Å². The molecule has 1 fully saturated rings. The van der Waals surface area contributed by atoms with Crippen molar-refractivity contribution in [1.29, 1.82) is 0 Å². The van der Waals surface area contributed by atoms with Gasteiger partial charge < -0.3 is 10.1 Å². The number of hydrogen-bond donors (Lipinski definition) is 1. The average molecular weight is 465 g/mol. The van der Waals surface area contributed by atoms with Crippen LogP contribution in [-0.2, 0) is 9.59 Å². The second-order valence-corrected chi connectivity index (χ2v) is 8.20. The minimum Gasteiger partial charge on any atom is -0.484 e. The van der Waals surface area contributed by atoms with Gasteiger partial charge >= 0.3 is 0 Å². The van der Waals surface area contributed by atoms with Crippen molar-refractivity contribution in [2.75, 3.05) is 16.8 Å². The van der Waals surface area contributed by atoms with Crippen LogP contribution in [0.4, 0.5) is 16.2 Å². The van der Waals surface area contributed by atoms with Crippen LogP contribution in [0.1, 0.15) is 5.56 Å². The maximum Gasteiger partial charge on any atom is 0.298 e. The molecule has 3 amide bonds. The average Bonchev–Trinajstić information content (AvgIpc) is 3.06. The number of nitrogens with zero attached hydrogens (tertiary/aromatic N) is 1. The zero-order valence-electron chi connectivity index (χ0n) is 16.7. The van der Waals surface area contributed by atoms with Gasteiger partial charge in [0.1, 0.15) is 5.75 Å². The molecule has 1 aliphatic rings. The van der Waals surface area contributed by atoms with Gasteiger partial charge in [0.05, 0.1) is 10.6 Å². The van der Waals surface area contributed by atoms with Crippen molar-refractivity contribution in [3.63, 3.8) is 0 Å². The van der Waals surface area contributed by atoms with Crippen molar-refractivity contribution in [1.82, 2.24) is 0 Å². The molecular formula is C24H17ClN2O4S. The molecule has 1 heterocycles. The van der Waals surface area contributed by atoms with Crippen LogP contribution in [0.5, 0.6) is 5.75 Å². The fourth-order valence-electron chi connectivity index (χ4n) is 2.98. The first-order valence-electron chi connectivity index (χ1n) is 9.61. The first-order chi connectivity index (χ1) is 15.5. The quantitative estimate of drug-likeness (QED) is 0.480. The van der Waals surface area contributed by atoms with Gasteiger partial charge in [0.25, 0.3) is 17.1 Å². The maximum absolute atomic E-state index is 12.7. The Labute approximate surface area is 193 Å². The molecule has 0 bridgehead atoms. The Morgan fingerprint density at radius 2 is 1.75 bits per heavy atom. The Balaban J connectivity index is 1.38. The third-order valence-corrected chi connectivity index (χ3v) is 5.57. The first kappa shape index (κ1) is 21.7. The highest BCUT2D eigenvalue weighted by Gasteiger charge is 2.36. The van der Waals surface area contributed by atoms with Crippen LogP contribution in [-0.4, -0.2) is 23.7 Å².